The summed E-state index contributed by atoms with van der Waals surface area (Å²) in [4.78, 5) is 22.9. The summed E-state index contributed by atoms with van der Waals surface area (Å²) >= 11 is 0. The van der Waals surface area contributed by atoms with E-state index >= 15 is 0 Å². The largest absolute Gasteiger partial charge is 0.481 e. The van der Waals surface area contributed by atoms with Crippen LogP contribution in [0.1, 0.15) is 32.1 Å². The maximum absolute atomic E-state index is 12.1. The lowest BCUT2D eigenvalue weighted by Gasteiger charge is -2.47. The number of aliphatic carboxylic acids is 1. The molecule has 1 heterocycles. The third-order valence-corrected chi connectivity index (χ3v) is 3.94. The number of carbonyl (C=O) groups is 2. The van der Waals surface area contributed by atoms with Gasteiger partial charge < -0.3 is 16.2 Å². The Kier molecular flexibility index (Phi) is 2.99. The highest BCUT2D eigenvalue weighted by Gasteiger charge is 2.49. The second-order valence-corrected chi connectivity index (χ2v) is 4.88. The van der Waals surface area contributed by atoms with Crippen LogP contribution in [0.25, 0.3) is 0 Å². The lowest BCUT2D eigenvalue weighted by molar-refractivity contribution is -0.143. The quantitative estimate of drug-likeness (QED) is 0.611. The number of carboxylic acids is 1. The van der Waals surface area contributed by atoms with Gasteiger partial charge in [0, 0.05) is 11.5 Å². The smallest absolute Gasteiger partial charge is 0.304 e. The number of hydrogen-bond acceptors (Lipinski definition) is 4. The number of nitrogens with one attached hydrogen (secondary N) is 1. The molecule has 2 fully saturated rings. The van der Waals surface area contributed by atoms with Crippen LogP contribution in [0.2, 0.25) is 0 Å². The first-order chi connectivity index (χ1) is 7.55. The molecule has 1 saturated heterocycles. The SMILES string of the molecule is NC1CCCC2(CCN2)C(CC(=O)O)C1=O. The number of Topliss-reactive ketones (excluding diaryl/α,β-unsaturated/α-hetero) is 1. The van der Waals surface area contributed by atoms with Crippen LogP contribution in [-0.2, 0) is 9.59 Å². The minimum Gasteiger partial charge on any atom is -0.481 e. The molecule has 0 aromatic carbocycles. The third-order valence-electron chi connectivity index (χ3n) is 3.94. The van der Waals surface area contributed by atoms with Gasteiger partial charge in [-0.25, -0.2) is 0 Å². The Labute approximate surface area is 94.4 Å². The van der Waals surface area contributed by atoms with Gasteiger partial charge in [0.05, 0.1) is 12.5 Å². The lowest BCUT2D eigenvalue weighted by Crippen LogP contribution is -2.64. The molecule has 90 valence electrons. The van der Waals surface area contributed by atoms with E-state index in [9.17, 15) is 9.59 Å². The first kappa shape index (κ1) is 11.5. The first-order valence-corrected chi connectivity index (χ1v) is 5.81. The zero-order valence-electron chi connectivity index (χ0n) is 9.24. The predicted octanol–water partition coefficient (Wildman–Crippen LogP) is -0.110. The maximum Gasteiger partial charge on any atom is 0.304 e. The van der Waals surface area contributed by atoms with Crippen molar-refractivity contribution in [1.29, 1.82) is 0 Å². The van der Waals surface area contributed by atoms with Crippen LogP contribution in [0.15, 0.2) is 0 Å². The summed E-state index contributed by atoms with van der Waals surface area (Å²) in [6.07, 6.45) is 3.24. The van der Waals surface area contributed by atoms with E-state index in [1.807, 2.05) is 0 Å². The molecule has 1 aliphatic heterocycles. The fourth-order valence-corrected chi connectivity index (χ4v) is 2.91. The van der Waals surface area contributed by atoms with Gasteiger partial charge in [-0.2, -0.15) is 0 Å². The number of ketones is 1. The van der Waals surface area contributed by atoms with E-state index in [4.69, 9.17) is 10.8 Å². The van der Waals surface area contributed by atoms with Gasteiger partial charge in [-0.05, 0) is 32.2 Å². The highest BCUT2D eigenvalue weighted by molar-refractivity contribution is 5.90. The van der Waals surface area contributed by atoms with Crippen molar-refractivity contribution < 1.29 is 14.7 Å². The molecule has 1 saturated carbocycles. The molecular formula is C11H18N2O3. The van der Waals surface area contributed by atoms with Crippen LogP contribution < -0.4 is 11.1 Å². The lowest BCUT2D eigenvalue weighted by atomic mass is 9.70. The monoisotopic (exact) mass is 226 g/mol. The Bertz CT molecular complexity index is 312. The fraction of sp³-hybridized carbons (Fsp3) is 0.818. The van der Waals surface area contributed by atoms with Crippen molar-refractivity contribution in [2.45, 2.75) is 43.7 Å². The van der Waals surface area contributed by atoms with E-state index in [0.29, 0.717) is 6.42 Å². The number of rotatable bonds is 2. The molecule has 0 bridgehead atoms. The Morgan fingerprint density at radius 1 is 1.56 bits per heavy atom. The van der Waals surface area contributed by atoms with Gasteiger partial charge in [0.15, 0.2) is 5.78 Å². The molecule has 5 nitrogen and oxygen atoms in total. The average Bonchev–Trinajstić information content (AvgIpc) is 2.27. The second kappa shape index (κ2) is 4.14. The Balaban J connectivity index is 2.22. The van der Waals surface area contributed by atoms with E-state index < -0.39 is 17.9 Å². The average molecular weight is 226 g/mol. The highest BCUT2D eigenvalue weighted by Crippen LogP contribution is 2.38. The molecule has 4 N–H and O–H groups in total. The molecule has 0 aromatic heterocycles. The molecular weight excluding hydrogens is 208 g/mol. The van der Waals surface area contributed by atoms with Gasteiger partial charge in [-0.3, -0.25) is 9.59 Å². The zero-order chi connectivity index (χ0) is 11.8. The van der Waals surface area contributed by atoms with Gasteiger partial charge in [0.25, 0.3) is 0 Å². The van der Waals surface area contributed by atoms with Gasteiger partial charge in [-0.15, -0.1) is 0 Å². The summed E-state index contributed by atoms with van der Waals surface area (Å²) in [5.41, 5.74) is 5.50. The number of carbonyl (C=O) groups excluding carboxylic acids is 1. The van der Waals surface area contributed by atoms with Crippen LogP contribution in [0.4, 0.5) is 0 Å². The normalized spacial score (nSPS) is 39.2. The molecule has 1 spiro atoms. The molecule has 16 heavy (non-hydrogen) atoms. The number of nitrogens with two attached hydrogens (primary N) is 1. The first-order valence-electron chi connectivity index (χ1n) is 5.81. The third kappa shape index (κ3) is 1.85. The highest BCUT2D eigenvalue weighted by atomic mass is 16.4. The molecule has 2 rings (SSSR count). The van der Waals surface area contributed by atoms with E-state index in [1.165, 1.54) is 0 Å². The molecule has 3 atom stereocenters. The summed E-state index contributed by atoms with van der Waals surface area (Å²) in [5, 5.41) is 12.2. The predicted molar refractivity (Wildman–Crippen MR) is 57.9 cm³/mol. The maximum atomic E-state index is 12.1. The minimum absolute atomic E-state index is 0.0768. The van der Waals surface area contributed by atoms with Crippen molar-refractivity contribution in [3.05, 3.63) is 0 Å². The van der Waals surface area contributed by atoms with Gasteiger partial charge in [0.2, 0.25) is 0 Å². The van der Waals surface area contributed by atoms with Crippen molar-refractivity contribution in [3.8, 4) is 0 Å². The van der Waals surface area contributed by atoms with Crippen LogP contribution in [-0.4, -0.2) is 35.0 Å². The number of carboxylic acid groups (broad SMARTS) is 1. The van der Waals surface area contributed by atoms with Gasteiger partial charge in [0.1, 0.15) is 0 Å². The topological polar surface area (TPSA) is 92.4 Å². The molecule has 1 aliphatic carbocycles. The van der Waals surface area contributed by atoms with Crippen LogP contribution >= 0.6 is 0 Å². The summed E-state index contributed by atoms with van der Waals surface area (Å²) in [6.45, 7) is 0.874. The molecule has 2 aliphatic rings. The summed E-state index contributed by atoms with van der Waals surface area (Å²) < 4.78 is 0. The van der Waals surface area contributed by atoms with Crippen molar-refractivity contribution in [2.75, 3.05) is 6.54 Å². The standard InChI is InChI=1S/C11H18N2O3/c12-8-2-1-3-11(4-5-13-11)7(10(8)16)6-9(14)15/h7-8,13H,1-6,12H2,(H,14,15). The Hall–Kier alpha value is -0.940. The molecule has 3 unspecified atom stereocenters. The van der Waals surface area contributed by atoms with E-state index in [-0.39, 0.29) is 17.7 Å². The fourth-order valence-electron chi connectivity index (χ4n) is 2.91. The molecule has 0 aromatic rings. The summed E-state index contributed by atoms with van der Waals surface area (Å²) in [6, 6.07) is -0.480. The molecule has 5 heteroatoms. The van der Waals surface area contributed by atoms with Crippen molar-refractivity contribution in [2.24, 2.45) is 11.7 Å². The minimum atomic E-state index is -0.916. The van der Waals surface area contributed by atoms with Crippen molar-refractivity contribution in [3.63, 3.8) is 0 Å². The van der Waals surface area contributed by atoms with E-state index in [2.05, 4.69) is 5.32 Å². The Morgan fingerprint density at radius 3 is 2.75 bits per heavy atom. The van der Waals surface area contributed by atoms with Crippen LogP contribution in [0.3, 0.4) is 0 Å². The van der Waals surface area contributed by atoms with Crippen molar-refractivity contribution >= 4 is 11.8 Å². The summed E-state index contributed by atoms with van der Waals surface area (Å²) in [7, 11) is 0. The van der Waals surface area contributed by atoms with E-state index in [1.54, 1.807) is 0 Å². The van der Waals surface area contributed by atoms with E-state index in [0.717, 1.165) is 25.8 Å². The molecule has 0 radical (unpaired) electrons. The van der Waals surface area contributed by atoms with Gasteiger partial charge in [-0.1, -0.05) is 0 Å². The number of hydrogen-bond donors (Lipinski definition) is 3. The van der Waals surface area contributed by atoms with Gasteiger partial charge >= 0.3 is 5.97 Å². The second-order valence-electron chi connectivity index (χ2n) is 4.88. The van der Waals surface area contributed by atoms with Crippen molar-refractivity contribution in [1.82, 2.24) is 5.32 Å². The zero-order valence-corrected chi connectivity index (χ0v) is 9.24. The van der Waals surface area contributed by atoms with Crippen LogP contribution in [0.5, 0.6) is 0 Å². The summed E-state index contributed by atoms with van der Waals surface area (Å²) in [5.74, 6) is -1.44. The molecule has 0 amide bonds. The van der Waals surface area contributed by atoms with Crippen LogP contribution in [0, 0.1) is 5.92 Å². The Morgan fingerprint density at radius 2 is 2.25 bits per heavy atom.